The average Bonchev–Trinajstić information content (AvgIpc) is 2.56. The summed E-state index contributed by atoms with van der Waals surface area (Å²) in [7, 11) is 1.22. The minimum Gasteiger partial charge on any atom is -0.482 e. The lowest BCUT2D eigenvalue weighted by atomic mass is 10.2. The van der Waals surface area contributed by atoms with E-state index in [0.717, 1.165) is 5.56 Å². The van der Waals surface area contributed by atoms with E-state index in [-0.39, 0.29) is 17.9 Å². The molecule has 0 spiro atoms. The van der Waals surface area contributed by atoms with Crippen molar-refractivity contribution in [2.45, 2.75) is 6.92 Å². The fraction of sp³-hybridized carbons (Fsp3) is 0.176. The Bertz CT molecular complexity index is 774. The SMILES string of the molecule is COC(=O)c1cc(Cl)ccc1OC(=O)COc1ccc(Cl)c(C)c1. The summed E-state index contributed by atoms with van der Waals surface area (Å²) in [4.78, 5) is 23.6. The monoisotopic (exact) mass is 368 g/mol. The van der Waals surface area contributed by atoms with Gasteiger partial charge in [-0.1, -0.05) is 23.2 Å². The first-order valence-electron chi connectivity index (χ1n) is 6.88. The third-order valence-corrected chi connectivity index (χ3v) is 3.72. The van der Waals surface area contributed by atoms with Crippen molar-refractivity contribution in [3.8, 4) is 11.5 Å². The van der Waals surface area contributed by atoms with Crippen LogP contribution >= 0.6 is 23.2 Å². The highest BCUT2D eigenvalue weighted by Gasteiger charge is 2.17. The Balaban J connectivity index is 2.04. The van der Waals surface area contributed by atoms with Crippen molar-refractivity contribution >= 4 is 35.1 Å². The van der Waals surface area contributed by atoms with E-state index in [0.29, 0.717) is 15.8 Å². The Labute approximate surface area is 149 Å². The smallest absolute Gasteiger partial charge is 0.349 e. The molecule has 0 N–H and O–H groups in total. The molecule has 24 heavy (non-hydrogen) atoms. The lowest BCUT2D eigenvalue weighted by Gasteiger charge is -2.10. The maximum atomic E-state index is 11.9. The van der Waals surface area contributed by atoms with Gasteiger partial charge in [-0.3, -0.25) is 0 Å². The van der Waals surface area contributed by atoms with Crippen molar-refractivity contribution in [2.75, 3.05) is 13.7 Å². The first-order valence-corrected chi connectivity index (χ1v) is 7.64. The first-order chi connectivity index (χ1) is 11.4. The van der Waals surface area contributed by atoms with E-state index in [1.54, 1.807) is 18.2 Å². The zero-order valence-corrected chi connectivity index (χ0v) is 14.5. The van der Waals surface area contributed by atoms with Crippen LogP contribution in [0.25, 0.3) is 0 Å². The molecule has 0 aromatic heterocycles. The second-order valence-corrected chi connectivity index (χ2v) is 5.65. The fourth-order valence-electron chi connectivity index (χ4n) is 1.86. The van der Waals surface area contributed by atoms with Crippen LogP contribution < -0.4 is 9.47 Å². The maximum absolute atomic E-state index is 11.9. The van der Waals surface area contributed by atoms with Gasteiger partial charge in [0.1, 0.15) is 17.1 Å². The highest BCUT2D eigenvalue weighted by atomic mass is 35.5. The summed E-state index contributed by atoms with van der Waals surface area (Å²) in [6, 6.07) is 9.30. The van der Waals surface area contributed by atoms with Crippen LogP contribution in [0.5, 0.6) is 11.5 Å². The molecular formula is C17H14Cl2O5. The second-order valence-electron chi connectivity index (χ2n) is 4.81. The number of esters is 2. The largest absolute Gasteiger partial charge is 0.482 e. The highest BCUT2D eigenvalue weighted by molar-refractivity contribution is 6.31. The molecule has 2 aromatic rings. The molecule has 0 aliphatic rings. The minimum atomic E-state index is -0.671. The number of hydrogen-bond donors (Lipinski definition) is 0. The van der Waals surface area contributed by atoms with E-state index in [4.69, 9.17) is 32.7 Å². The third-order valence-electron chi connectivity index (χ3n) is 3.06. The molecule has 0 aliphatic heterocycles. The Hall–Kier alpha value is -2.24. The normalized spacial score (nSPS) is 10.2. The topological polar surface area (TPSA) is 61.8 Å². The summed E-state index contributed by atoms with van der Waals surface area (Å²) >= 11 is 11.8. The van der Waals surface area contributed by atoms with Gasteiger partial charge < -0.3 is 14.2 Å². The molecule has 0 fully saturated rings. The van der Waals surface area contributed by atoms with Crippen molar-refractivity contribution in [3.05, 3.63) is 57.6 Å². The van der Waals surface area contributed by atoms with Gasteiger partial charge in [0.2, 0.25) is 0 Å². The molecule has 0 saturated heterocycles. The predicted octanol–water partition coefficient (Wildman–Crippen LogP) is 4.07. The standard InChI is InChI=1S/C17H14Cl2O5/c1-10-7-12(4-5-14(10)19)23-9-16(20)24-15-6-3-11(18)8-13(15)17(21)22-2/h3-8H,9H2,1-2H3. The molecule has 5 nitrogen and oxygen atoms in total. The van der Waals surface area contributed by atoms with Gasteiger partial charge in [0.15, 0.2) is 6.61 Å². The van der Waals surface area contributed by atoms with Crippen LogP contribution in [-0.2, 0) is 9.53 Å². The predicted molar refractivity (Wildman–Crippen MR) is 90.1 cm³/mol. The molecule has 0 heterocycles. The number of rotatable bonds is 5. The van der Waals surface area contributed by atoms with E-state index >= 15 is 0 Å². The van der Waals surface area contributed by atoms with Crippen molar-refractivity contribution < 1.29 is 23.8 Å². The van der Waals surface area contributed by atoms with Crippen molar-refractivity contribution in [3.63, 3.8) is 0 Å². The summed E-state index contributed by atoms with van der Waals surface area (Å²) < 4.78 is 15.1. The number of hydrogen-bond acceptors (Lipinski definition) is 5. The number of carbonyl (C=O) groups is 2. The second kappa shape index (κ2) is 8.04. The van der Waals surface area contributed by atoms with Gasteiger partial charge in [-0.15, -0.1) is 0 Å². The van der Waals surface area contributed by atoms with Crippen LogP contribution in [0.1, 0.15) is 15.9 Å². The maximum Gasteiger partial charge on any atom is 0.349 e. The van der Waals surface area contributed by atoms with Crippen LogP contribution in [0.2, 0.25) is 10.0 Å². The number of ether oxygens (including phenoxy) is 3. The van der Waals surface area contributed by atoms with E-state index < -0.39 is 11.9 Å². The van der Waals surface area contributed by atoms with Gasteiger partial charge in [0.25, 0.3) is 0 Å². The van der Waals surface area contributed by atoms with Crippen molar-refractivity contribution in [1.29, 1.82) is 0 Å². The first kappa shape index (κ1) is 18.1. The van der Waals surface area contributed by atoms with Crippen LogP contribution in [-0.4, -0.2) is 25.7 Å². The van der Waals surface area contributed by atoms with E-state index in [1.165, 1.54) is 25.3 Å². The number of aryl methyl sites for hydroxylation is 1. The molecule has 2 rings (SSSR count). The van der Waals surface area contributed by atoms with Crippen LogP contribution in [0.4, 0.5) is 0 Å². The fourth-order valence-corrected chi connectivity index (χ4v) is 2.15. The third kappa shape index (κ3) is 4.63. The summed E-state index contributed by atoms with van der Waals surface area (Å²) in [6.45, 7) is 1.49. The summed E-state index contributed by atoms with van der Waals surface area (Å²) in [5, 5.41) is 0.928. The summed E-state index contributed by atoms with van der Waals surface area (Å²) in [5.41, 5.74) is 0.883. The highest BCUT2D eigenvalue weighted by Crippen LogP contribution is 2.24. The zero-order valence-electron chi connectivity index (χ0n) is 13.0. The Morgan fingerprint density at radius 2 is 1.83 bits per heavy atom. The molecule has 7 heteroatoms. The lowest BCUT2D eigenvalue weighted by Crippen LogP contribution is -2.19. The van der Waals surface area contributed by atoms with Gasteiger partial charge >= 0.3 is 11.9 Å². The number of methoxy groups -OCH3 is 1. The van der Waals surface area contributed by atoms with Crippen molar-refractivity contribution in [1.82, 2.24) is 0 Å². The van der Waals surface area contributed by atoms with Gasteiger partial charge in [0, 0.05) is 10.0 Å². The summed E-state index contributed by atoms with van der Waals surface area (Å²) in [6.07, 6.45) is 0. The van der Waals surface area contributed by atoms with E-state index in [9.17, 15) is 9.59 Å². The van der Waals surface area contributed by atoms with E-state index in [1.807, 2.05) is 6.92 Å². The van der Waals surface area contributed by atoms with Gasteiger partial charge in [0.05, 0.1) is 7.11 Å². The Morgan fingerprint density at radius 1 is 1.08 bits per heavy atom. The molecule has 0 amide bonds. The molecule has 0 bridgehead atoms. The molecule has 0 saturated carbocycles. The molecular weight excluding hydrogens is 355 g/mol. The number of carbonyl (C=O) groups excluding carboxylic acids is 2. The molecule has 0 radical (unpaired) electrons. The Kier molecular flexibility index (Phi) is 6.06. The lowest BCUT2D eigenvalue weighted by molar-refractivity contribution is -0.136. The summed E-state index contributed by atoms with van der Waals surface area (Å²) in [5.74, 6) is -0.796. The van der Waals surface area contributed by atoms with Crippen molar-refractivity contribution in [2.24, 2.45) is 0 Å². The quantitative estimate of drug-likeness (QED) is 0.587. The molecule has 2 aromatic carbocycles. The van der Waals surface area contributed by atoms with Gasteiger partial charge in [-0.05, 0) is 48.9 Å². The molecule has 0 aliphatic carbocycles. The zero-order chi connectivity index (χ0) is 17.7. The minimum absolute atomic E-state index is 0.0483. The number of benzene rings is 2. The van der Waals surface area contributed by atoms with Crippen LogP contribution in [0.3, 0.4) is 0 Å². The Morgan fingerprint density at radius 3 is 2.50 bits per heavy atom. The average molecular weight is 369 g/mol. The molecule has 0 unspecified atom stereocenters. The number of halogens is 2. The van der Waals surface area contributed by atoms with Crippen LogP contribution in [0, 0.1) is 6.92 Å². The molecule has 126 valence electrons. The molecule has 0 atom stereocenters. The van der Waals surface area contributed by atoms with Crippen LogP contribution in [0.15, 0.2) is 36.4 Å². The van der Waals surface area contributed by atoms with Gasteiger partial charge in [-0.25, -0.2) is 9.59 Å². The van der Waals surface area contributed by atoms with Gasteiger partial charge in [-0.2, -0.15) is 0 Å². The van der Waals surface area contributed by atoms with E-state index in [2.05, 4.69) is 4.74 Å².